The number of hydrogen-bond donors (Lipinski definition) is 0. The van der Waals surface area contributed by atoms with Crippen LogP contribution in [0.5, 0.6) is 5.75 Å². The van der Waals surface area contributed by atoms with Crippen LogP contribution in [0.25, 0.3) is 11.4 Å². The van der Waals surface area contributed by atoms with Gasteiger partial charge < -0.3 is 4.74 Å². The van der Waals surface area contributed by atoms with Crippen LogP contribution in [-0.4, -0.2) is 26.8 Å². The van der Waals surface area contributed by atoms with Gasteiger partial charge in [0.05, 0.1) is 13.2 Å². The first-order chi connectivity index (χ1) is 17.3. The number of rotatable bonds is 15. The molecule has 0 saturated heterocycles. The van der Waals surface area contributed by atoms with Crippen molar-refractivity contribution in [1.82, 2.24) is 20.2 Å². The number of tetrazole rings is 1. The van der Waals surface area contributed by atoms with E-state index in [-0.39, 0.29) is 0 Å². The van der Waals surface area contributed by atoms with Gasteiger partial charge in [-0.15, -0.1) is 10.2 Å². The number of unbranched alkanes of at least 4 members (excludes halogenated alkanes) is 9. The largest absolute Gasteiger partial charge is 0.494 e. The molecular weight excluding hydrogens is 432 g/mol. The van der Waals surface area contributed by atoms with Gasteiger partial charge in [-0.25, -0.2) is 0 Å². The van der Waals surface area contributed by atoms with Crippen LogP contribution < -0.4 is 4.74 Å². The Morgan fingerprint density at radius 2 is 1.26 bits per heavy atom. The Bertz CT molecular complexity index is 1030. The topological polar surface area (TPSA) is 52.8 Å². The summed E-state index contributed by atoms with van der Waals surface area (Å²) in [7, 11) is 0. The number of aromatic nitrogens is 4. The SMILES string of the molecule is CCCCCCCCCn1nnc(-c2ccc(C#Cc3ccc(OCCCCCC)cc3)cc2)n1. The van der Waals surface area contributed by atoms with Gasteiger partial charge >= 0.3 is 0 Å². The lowest BCUT2D eigenvalue weighted by Crippen LogP contribution is -2.02. The predicted molar refractivity (Wildman–Crippen MR) is 143 cm³/mol. The van der Waals surface area contributed by atoms with Crippen molar-refractivity contribution in [1.29, 1.82) is 0 Å². The van der Waals surface area contributed by atoms with Crippen LogP contribution in [0.4, 0.5) is 0 Å². The van der Waals surface area contributed by atoms with Crippen molar-refractivity contribution < 1.29 is 4.74 Å². The Morgan fingerprint density at radius 1 is 0.686 bits per heavy atom. The van der Waals surface area contributed by atoms with Crippen molar-refractivity contribution in [2.75, 3.05) is 6.61 Å². The second kappa shape index (κ2) is 15.7. The highest BCUT2D eigenvalue weighted by molar-refractivity contribution is 5.56. The van der Waals surface area contributed by atoms with E-state index in [9.17, 15) is 0 Å². The zero-order valence-electron chi connectivity index (χ0n) is 21.5. The maximum atomic E-state index is 5.81. The van der Waals surface area contributed by atoms with Gasteiger partial charge in [-0.1, -0.05) is 83.5 Å². The molecule has 0 bridgehead atoms. The Labute approximate surface area is 211 Å². The average Bonchev–Trinajstić information content (AvgIpc) is 3.37. The molecule has 1 aromatic heterocycles. The summed E-state index contributed by atoms with van der Waals surface area (Å²) in [4.78, 5) is 1.72. The lowest BCUT2D eigenvalue weighted by atomic mass is 10.1. The van der Waals surface area contributed by atoms with Crippen molar-refractivity contribution >= 4 is 0 Å². The third-order valence-electron chi connectivity index (χ3n) is 6.03. The molecule has 3 rings (SSSR count). The van der Waals surface area contributed by atoms with E-state index in [4.69, 9.17) is 4.74 Å². The van der Waals surface area contributed by atoms with E-state index < -0.39 is 0 Å². The van der Waals surface area contributed by atoms with Gasteiger partial charge in [0.25, 0.3) is 0 Å². The Morgan fingerprint density at radius 3 is 1.91 bits per heavy atom. The third-order valence-corrected chi connectivity index (χ3v) is 6.03. The summed E-state index contributed by atoms with van der Waals surface area (Å²) in [6.07, 6.45) is 13.8. The standard InChI is InChI=1S/C30H40N4O/c1-3-5-7-9-10-11-12-24-34-32-30(31-33-34)28-20-16-26(17-21-28)14-15-27-18-22-29(23-19-27)35-25-13-8-6-4-2/h16-23H,3-13,24-25H2,1-2H3. The molecule has 0 radical (unpaired) electrons. The minimum atomic E-state index is 0.665. The van der Waals surface area contributed by atoms with E-state index in [2.05, 4.69) is 41.1 Å². The fraction of sp³-hybridized carbons (Fsp3) is 0.500. The molecule has 3 aromatic rings. The van der Waals surface area contributed by atoms with Crippen LogP contribution in [-0.2, 0) is 6.54 Å². The van der Waals surface area contributed by atoms with Gasteiger partial charge in [0.15, 0.2) is 0 Å². The summed E-state index contributed by atoms with van der Waals surface area (Å²) in [6.45, 7) is 6.07. The lowest BCUT2D eigenvalue weighted by molar-refractivity contribution is 0.305. The highest BCUT2D eigenvalue weighted by atomic mass is 16.5. The number of hydrogen-bond acceptors (Lipinski definition) is 4. The van der Waals surface area contributed by atoms with Crippen LogP contribution in [0, 0.1) is 11.8 Å². The normalized spacial score (nSPS) is 10.7. The predicted octanol–water partition coefficient (Wildman–Crippen LogP) is 7.45. The summed E-state index contributed by atoms with van der Waals surface area (Å²) in [5, 5.41) is 13.0. The number of ether oxygens (including phenoxy) is 1. The van der Waals surface area contributed by atoms with Gasteiger partial charge in [-0.2, -0.15) is 4.80 Å². The van der Waals surface area contributed by atoms with Crippen molar-refractivity contribution in [3.8, 4) is 29.0 Å². The summed E-state index contributed by atoms with van der Waals surface area (Å²) < 4.78 is 5.81. The van der Waals surface area contributed by atoms with Gasteiger partial charge in [0, 0.05) is 16.7 Å². The van der Waals surface area contributed by atoms with E-state index >= 15 is 0 Å². The first kappa shape index (κ1) is 26.5. The van der Waals surface area contributed by atoms with Crippen LogP contribution in [0.1, 0.15) is 95.6 Å². The molecule has 0 aliphatic carbocycles. The van der Waals surface area contributed by atoms with Gasteiger partial charge in [0.1, 0.15) is 5.75 Å². The molecule has 0 fully saturated rings. The summed E-state index contributed by atoms with van der Waals surface area (Å²) in [6, 6.07) is 16.0. The maximum Gasteiger partial charge on any atom is 0.204 e. The maximum absolute atomic E-state index is 5.81. The van der Waals surface area contributed by atoms with Gasteiger partial charge in [0.2, 0.25) is 5.82 Å². The molecule has 0 unspecified atom stereocenters. The monoisotopic (exact) mass is 472 g/mol. The molecule has 0 atom stereocenters. The highest BCUT2D eigenvalue weighted by Crippen LogP contribution is 2.16. The van der Waals surface area contributed by atoms with E-state index in [0.29, 0.717) is 5.82 Å². The van der Waals surface area contributed by atoms with Crippen molar-refractivity contribution in [3.63, 3.8) is 0 Å². The second-order valence-electron chi connectivity index (χ2n) is 9.09. The van der Waals surface area contributed by atoms with Crippen molar-refractivity contribution in [3.05, 3.63) is 59.7 Å². The van der Waals surface area contributed by atoms with Gasteiger partial charge in [-0.3, -0.25) is 0 Å². The Kier molecular flexibility index (Phi) is 11.9. The fourth-order valence-electron chi connectivity index (χ4n) is 3.86. The molecular formula is C30H40N4O. The molecule has 0 saturated carbocycles. The molecule has 35 heavy (non-hydrogen) atoms. The van der Waals surface area contributed by atoms with Crippen LogP contribution in [0.2, 0.25) is 0 Å². The van der Waals surface area contributed by atoms with Crippen LogP contribution in [0.3, 0.4) is 0 Å². The lowest BCUT2D eigenvalue weighted by Gasteiger charge is -2.05. The molecule has 5 nitrogen and oxygen atoms in total. The zero-order valence-corrected chi connectivity index (χ0v) is 21.5. The summed E-state index contributed by atoms with van der Waals surface area (Å²) in [5.74, 6) is 8.03. The number of nitrogens with zero attached hydrogens (tertiary/aromatic N) is 4. The smallest absolute Gasteiger partial charge is 0.204 e. The van der Waals surface area contributed by atoms with Crippen molar-refractivity contribution in [2.24, 2.45) is 0 Å². The van der Waals surface area contributed by atoms with E-state index in [0.717, 1.165) is 48.4 Å². The molecule has 0 amide bonds. The molecule has 2 aromatic carbocycles. The number of aryl methyl sites for hydroxylation is 1. The van der Waals surface area contributed by atoms with E-state index in [1.54, 1.807) is 4.80 Å². The average molecular weight is 473 g/mol. The highest BCUT2D eigenvalue weighted by Gasteiger charge is 2.05. The molecule has 0 aliphatic rings. The van der Waals surface area contributed by atoms with Crippen LogP contribution >= 0.6 is 0 Å². The Hall–Kier alpha value is -3.13. The summed E-state index contributed by atoms with van der Waals surface area (Å²) in [5.41, 5.74) is 2.89. The van der Waals surface area contributed by atoms with Crippen LogP contribution in [0.15, 0.2) is 48.5 Å². The third kappa shape index (κ3) is 9.94. The molecule has 0 N–H and O–H groups in total. The molecule has 0 aliphatic heterocycles. The second-order valence-corrected chi connectivity index (χ2v) is 9.09. The Balaban J connectivity index is 1.43. The van der Waals surface area contributed by atoms with E-state index in [1.807, 2.05) is 48.5 Å². The van der Waals surface area contributed by atoms with Crippen molar-refractivity contribution in [2.45, 2.75) is 91.0 Å². The molecule has 0 spiro atoms. The molecule has 186 valence electrons. The minimum absolute atomic E-state index is 0.665. The molecule has 1 heterocycles. The summed E-state index contributed by atoms with van der Waals surface area (Å²) >= 11 is 0. The minimum Gasteiger partial charge on any atom is -0.494 e. The number of benzene rings is 2. The molecule has 5 heteroatoms. The quantitative estimate of drug-likeness (QED) is 0.170. The zero-order chi connectivity index (χ0) is 24.6. The fourth-order valence-corrected chi connectivity index (χ4v) is 3.86. The first-order valence-corrected chi connectivity index (χ1v) is 13.4. The first-order valence-electron chi connectivity index (χ1n) is 13.4. The van der Waals surface area contributed by atoms with E-state index in [1.165, 1.54) is 57.8 Å². The van der Waals surface area contributed by atoms with Gasteiger partial charge in [-0.05, 0) is 66.6 Å².